The molecule has 0 aliphatic carbocycles. The number of nitro groups is 1. The van der Waals surface area contributed by atoms with Gasteiger partial charge in [0.2, 0.25) is 0 Å². The lowest BCUT2D eigenvalue weighted by atomic mass is 10.2. The molecule has 136 valence electrons. The maximum atomic E-state index is 13.1. The minimum absolute atomic E-state index is 0.0198. The monoisotopic (exact) mass is 370 g/mol. The number of fused-ring (bicyclic) bond motifs is 1. The van der Waals surface area contributed by atoms with Crippen molar-refractivity contribution in [2.45, 2.75) is 0 Å². The second-order valence-electron chi connectivity index (χ2n) is 6.00. The molecule has 0 unspecified atom stereocenters. The maximum Gasteiger partial charge on any atom is 0.269 e. The third kappa shape index (κ3) is 3.28. The Morgan fingerprint density at radius 1 is 0.929 bits per heavy atom. The van der Waals surface area contributed by atoms with Crippen LogP contribution in [-0.2, 0) is 0 Å². The molecule has 4 rings (SSSR count). The molecule has 28 heavy (non-hydrogen) atoms. The van der Waals surface area contributed by atoms with Gasteiger partial charge in [-0.25, -0.2) is 14.5 Å². The van der Waals surface area contributed by atoms with Crippen molar-refractivity contribution in [3.63, 3.8) is 0 Å². The molecule has 7 heteroatoms. The molecule has 0 atom stereocenters. The van der Waals surface area contributed by atoms with Crippen molar-refractivity contribution in [3.05, 3.63) is 105 Å². The minimum atomic E-state index is -0.447. The Balaban J connectivity index is 1.85. The van der Waals surface area contributed by atoms with E-state index in [-0.39, 0.29) is 11.2 Å². The first-order chi connectivity index (χ1) is 13.6. The third-order valence-corrected chi connectivity index (χ3v) is 4.21. The summed E-state index contributed by atoms with van der Waals surface area (Å²) in [5.41, 5.74) is 1.14. The van der Waals surface area contributed by atoms with Gasteiger partial charge in [-0.1, -0.05) is 24.3 Å². The molecule has 0 radical (unpaired) electrons. The number of hydrogen-bond acceptors (Lipinski definition) is 5. The molecule has 0 aliphatic heterocycles. The second kappa shape index (κ2) is 7.24. The molecular formula is C21H14N4O3. The number of aromatic nitrogens is 3. The van der Waals surface area contributed by atoms with Gasteiger partial charge in [0.05, 0.1) is 15.8 Å². The number of benzene rings is 2. The number of para-hydroxylation sites is 1. The molecule has 7 nitrogen and oxygen atoms in total. The second-order valence-corrected chi connectivity index (χ2v) is 6.00. The van der Waals surface area contributed by atoms with Gasteiger partial charge in [-0.15, -0.1) is 0 Å². The van der Waals surface area contributed by atoms with Crippen molar-refractivity contribution < 1.29 is 4.92 Å². The molecule has 0 aliphatic rings. The number of nitrogens with zero attached hydrogens (tertiary/aromatic N) is 4. The Morgan fingerprint density at radius 3 is 2.39 bits per heavy atom. The molecule has 2 aromatic heterocycles. The molecule has 0 saturated heterocycles. The van der Waals surface area contributed by atoms with Crippen molar-refractivity contribution in [2.24, 2.45) is 0 Å². The highest BCUT2D eigenvalue weighted by Crippen LogP contribution is 2.16. The Bertz CT molecular complexity index is 1250. The molecule has 0 saturated carbocycles. The summed E-state index contributed by atoms with van der Waals surface area (Å²) in [7, 11) is 0. The smallest absolute Gasteiger partial charge is 0.268 e. The fraction of sp³-hybridized carbons (Fsp3) is 0. The quantitative estimate of drug-likeness (QED) is 0.402. The number of hydrogen-bond donors (Lipinski definition) is 0. The molecule has 0 fully saturated rings. The lowest BCUT2D eigenvalue weighted by Gasteiger charge is -2.10. The zero-order chi connectivity index (χ0) is 19.5. The van der Waals surface area contributed by atoms with Gasteiger partial charge in [0.25, 0.3) is 11.2 Å². The number of nitro benzene ring substituents is 1. The molecule has 0 bridgehead atoms. The van der Waals surface area contributed by atoms with E-state index in [4.69, 9.17) is 0 Å². The van der Waals surface area contributed by atoms with Crippen molar-refractivity contribution in [1.82, 2.24) is 14.5 Å². The van der Waals surface area contributed by atoms with Crippen LogP contribution in [0.1, 0.15) is 11.4 Å². The van der Waals surface area contributed by atoms with Crippen LogP contribution in [0.4, 0.5) is 5.69 Å². The predicted molar refractivity (Wildman–Crippen MR) is 107 cm³/mol. The highest BCUT2D eigenvalue weighted by atomic mass is 16.6. The summed E-state index contributed by atoms with van der Waals surface area (Å²) in [6.45, 7) is 0. The zero-order valence-electron chi connectivity index (χ0n) is 14.6. The summed E-state index contributed by atoms with van der Waals surface area (Å²) >= 11 is 0. The first-order valence-electron chi connectivity index (χ1n) is 8.49. The first-order valence-corrected chi connectivity index (χ1v) is 8.49. The van der Waals surface area contributed by atoms with Crippen molar-refractivity contribution in [1.29, 1.82) is 0 Å². The zero-order valence-corrected chi connectivity index (χ0v) is 14.6. The van der Waals surface area contributed by atoms with Gasteiger partial charge in [-0.3, -0.25) is 14.9 Å². The van der Waals surface area contributed by atoms with E-state index in [0.29, 0.717) is 22.5 Å². The summed E-state index contributed by atoms with van der Waals surface area (Å²) in [6, 6.07) is 18.6. The lowest BCUT2D eigenvalue weighted by Crippen LogP contribution is -2.23. The van der Waals surface area contributed by atoms with Crippen LogP contribution in [0.5, 0.6) is 0 Å². The van der Waals surface area contributed by atoms with Gasteiger partial charge in [0.1, 0.15) is 11.6 Å². The summed E-state index contributed by atoms with van der Waals surface area (Å²) < 4.78 is 1.45. The SMILES string of the molecule is O=c1c2ccccc2nc(/C=C/c2ccc([N+](=O)[O-])cc2)n1-c1ccccn1. The van der Waals surface area contributed by atoms with Gasteiger partial charge >= 0.3 is 0 Å². The standard InChI is InChI=1S/C21H14N4O3/c26-21-17-5-1-2-6-18(17)23-20(24(21)19-7-3-4-14-22-19)13-10-15-8-11-16(12-9-15)25(27)28/h1-14H/b13-10+. The van der Waals surface area contributed by atoms with Crippen LogP contribution in [0.25, 0.3) is 28.9 Å². The van der Waals surface area contributed by atoms with E-state index in [0.717, 1.165) is 5.56 Å². The Kier molecular flexibility index (Phi) is 4.47. The van der Waals surface area contributed by atoms with Crippen LogP contribution in [0.15, 0.2) is 77.7 Å². The van der Waals surface area contributed by atoms with E-state index in [2.05, 4.69) is 9.97 Å². The van der Waals surface area contributed by atoms with Crippen molar-refractivity contribution >= 4 is 28.7 Å². The van der Waals surface area contributed by atoms with Gasteiger partial charge in [0.15, 0.2) is 0 Å². The first kappa shape index (κ1) is 17.3. The third-order valence-electron chi connectivity index (χ3n) is 4.21. The summed E-state index contributed by atoms with van der Waals surface area (Å²) in [5, 5.41) is 11.3. The fourth-order valence-corrected chi connectivity index (χ4v) is 2.85. The van der Waals surface area contributed by atoms with Gasteiger partial charge in [0, 0.05) is 18.3 Å². The minimum Gasteiger partial charge on any atom is -0.268 e. The average molecular weight is 370 g/mol. The number of non-ortho nitro benzene ring substituents is 1. The van der Waals surface area contributed by atoms with E-state index < -0.39 is 4.92 Å². The van der Waals surface area contributed by atoms with E-state index in [9.17, 15) is 14.9 Å². The van der Waals surface area contributed by atoms with Crippen LogP contribution in [0, 0.1) is 10.1 Å². The number of pyridine rings is 1. The summed E-state index contributed by atoms with van der Waals surface area (Å²) in [5.74, 6) is 0.884. The molecule has 2 heterocycles. The molecule has 4 aromatic rings. The van der Waals surface area contributed by atoms with E-state index in [1.165, 1.54) is 16.7 Å². The topological polar surface area (TPSA) is 90.9 Å². The van der Waals surface area contributed by atoms with Gasteiger partial charge < -0.3 is 0 Å². The summed E-state index contributed by atoms with van der Waals surface area (Å²) in [4.78, 5) is 32.3. The Morgan fingerprint density at radius 2 is 1.68 bits per heavy atom. The predicted octanol–water partition coefficient (Wildman–Crippen LogP) is 3.86. The largest absolute Gasteiger partial charge is 0.269 e. The molecule has 0 spiro atoms. The Hall–Kier alpha value is -4.13. The molecule has 0 N–H and O–H groups in total. The van der Waals surface area contributed by atoms with Crippen LogP contribution >= 0.6 is 0 Å². The van der Waals surface area contributed by atoms with E-state index >= 15 is 0 Å². The van der Waals surface area contributed by atoms with Crippen LogP contribution in [0.3, 0.4) is 0 Å². The van der Waals surface area contributed by atoms with Crippen molar-refractivity contribution in [3.8, 4) is 5.82 Å². The Labute approximate surface area is 159 Å². The molecular weight excluding hydrogens is 356 g/mol. The summed E-state index contributed by atoms with van der Waals surface area (Å²) in [6.07, 6.45) is 5.06. The molecule has 2 aromatic carbocycles. The van der Waals surface area contributed by atoms with Gasteiger partial charge in [-0.2, -0.15) is 0 Å². The highest BCUT2D eigenvalue weighted by Gasteiger charge is 2.11. The highest BCUT2D eigenvalue weighted by molar-refractivity contribution is 5.80. The van der Waals surface area contributed by atoms with Crippen LogP contribution in [-0.4, -0.2) is 19.5 Å². The van der Waals surface area contributed by atoms with E-state index in [1.807, 2.05) is 6.07 Å². The van der Waals surface area contributed by atoms with Gasteiger partial charge in [-0.05, 0) is 48.0 Å². The van der Waals surface area contributed by atoms with Crippen LogP contribution < -0.4 is 5.56 Å². The molecule has 0 amide bonds. The van der Waals surface area contributed by atoms with E-state index in [1.54, 1.807) is 66.9 Å². The maximum absolute atomic E-state index is 13.1. The fourth-order valence-electron chi connectivity index (χ4n) is 2.85. The number of rotatable bonds is 4. The van der Waals surface area contributed by atoms with Crippen LogP contribution in [0.2, 0.25) is 0 Å². The normalized spacial score (nSPS) is 11.1. The van der Waals surface area contributed by atoms with Crippen molar-refractivity contribution in [2.75, 3.05) is 0 Å². The lowest BCUT2D eigenvalue weighted by molar-refractivity contribution is -0.384. The average Bonchev–Trinajstić information content (AvgIpc) is 2.73.